The summed E-state index contributed by atoms with van der Waals surface area (Å²) in [6.45, 7) is 5.58. The van der Waals surface area contributed by atoms with E-state index in [-0.39, 0.29) is 23.9 Å². The van der Waals surface area contributed by atoms with Crippen LogP contribution >= 0.6 is 0 Å². The molecule has 0 aliphatic carbocycles. The Bertz CT molecular complexity index is 854. The van der Waals surface area contributed by atoms with Crippen molar-refractivity contribution in [2.45, 2.75) is 20.8 Å². The molecule has 10 heteroatoms. The molecule has 2 aromatic heterocycles. The molecule has 0 fully saturated rings. The third-order valence-electron chi connectivity index (χ3n) is 3.45. The number of nitrogens with one attached hydrogen (secondary N) is 3. The average Bonchev–Trinajstić information content (AvgIpc) is 2.92. The van der Waals surface area contributed by atoms with Crippen LogP contribution in [0.5, 0.6) is 0 Å². The van der Waals surface area contributed by atoms with E-state index in [0.29, 0.717) is 23.6 Å². The minimum atomic E-state index is -0.858. The summed E-state index contributed by atoms with van der Waals surface area (Å²) in [5.74, 6) is -1.29. The average molecular weight is 348 g/mol. The topological polar surface area (TPSA) is 131 Å². The van der Waals surface area contributed by atoms with Crippen molar-refractivity contribution in [1.29, 1.82) is 0 Å². The number of aromatic nitrogens is 4. The van der Waals surface area contributed by atoms with Crippen molar-refractivity contribution in [3.05, 3.63) is 33.4 Å². The largest absolute Gasteiger partial charge is 0.383 e. The molecule has 0 spiro atoms. The summed E-state index contributed by atoms with van der Waals surface area (Å²) in [7, 11) is 1.49. The zero-order chi connectivity index (χ0) is 18.6. The van der Waals surface area contributed by atoms with Gasteiger partial charge in [0.1, 0.15) is 5.82 Å². The summed E-state index contributed by atoms with van der Waals surface area (Å²) in [6.07, 6.45) is 0. The number of aryl methyl sites for hydroxylation is 2. The Hall–Kier alpha value is -3.01. The van der Waals surface area contributed by atoms with E-state index in [0.717, 1.165) is 0 Å². The Kier molecular flexibility index (Phi) is 5.65. The van der Waals surface area contributed by atoms with Crippen LogP contribution in [0, 0.1) is 20.8 Å². The number of methoxy groups -OCH3 is 1. The van der Waals surface area contributed by atoms with Gasteiger partial charge < -0.3 is 15.4 Å². The molecule has 134 valence electrons. The van der Waals surface area contributed by atoms with Gasteiger partial charge in [-0.15, -0.1) is 0 Å². The number of hydrogen-bond acceptors (Lipinski definition) is 6. The Balaban J connectivity index is 2.25. The molecule has 2 amide bonds. The first-order valence-corrected chi connectivity index (χ1v) is 7.56. The van der Waals surface area contributed by atoms with Crippen LogP contribution in [0.4, 0.5) is 5.82 Å². The van der Waals surface area contributed by atoms with Crippen molar-refractivity contribution in [3.8, 4) is 5.95 Å². The predicted octanol–water partition coefficient (Wildman–Crippen LogP) is -0.418. The summed E-state index contributed by atoms with van der Waals surface area (Å²) in [5.41, 5.74) is 1.32. The number of hydrogen-bond donors (Lipinski definition) is 3. The number of carbonyl (C=O) groups excluding carboxylic acids is 2. The van der Waals surface area contributed by atoms with Gasteiger partial charge in [-0.05, 0) is 20.8 Å². The summed E-state index contributed by atoms with van der Waals surface area (Å²) < 4.78 is 6.07. The Morgan fingerprint density at radius 1 is 1.28 bits per heavy atom. The van der Waals surface area contributed by atoms with E-state index in [2.05, 4.69) is 25.7 Å². The van der Waals surface area contributed by atoms with Gasteiger partial charge >= 0.3 is 11.8 Å². The van der Waals surface area contributed by atoms with E-state index in [1.165, 1.54) is 11.8 Å². The summed E-state index contributed by atoms with van der Waals surface area (Å²) in [4.78, 5) is 42.5. The molecule has 0 unspecified atom stereocenters. The molecule has 3 N–H and O–H groups in total. The first kappa shape index (κ1) is 18.3. The van der Waals surface area contributed by atoms with Gasteiger partial charge in [0.25, 0.3) is 5.56 Å². The Morgan fingerprint density at radius 3 is 2.64 bits per heavy atom. The Labute approximate surface area is 143 Å². The van der Waals surface area contributed by atoms with Crippen molar-refractivity contribution >= 4 is 17.6 Å². The number of anilines is 1. The van der Waals surface area contributed by atoms with Gasteiger partial charge in [0.2, 0.25) is 5.95 Å². The van der Waals surface area contributed by atoms with Crippen LogP contribution in [0.15, 0.2) is 10.9 Å². The molecule has 10 nitrogen and oxygen atoms in total. The van der Waals surface area contributed by atoms with Crippen LogP contribution in [-0.2, 0) is 14.3 Å². The van der Waals surface area contributed by atoms with Gasteiger partial charge in [0.15, 0.2) is 0 Å². The minimum absolute atomic E-state index is 0.149. The maximum atomic E-state index is 12.0. The van der Waals surface area contributed by atoms with E-state index in [1.807, 2.05) is 0 Å². The minimum Gasteiger partial charge on any atom is -0.383 e. The molecule has 0 atom stereocenters. The van der Waals surface area contributed by atoms with E-state index in [1.54, 1.807) is 26.8 Å². The fourth-order valence-corrected chi connectivity index (χ4v) is 2.00. The molecule has 2 rings (SSSR count). The second-order valence-corrected chi connectivity index (χ2v) is 5.39. The molecule has 25 heavy (non-hydrogen) atoms. The van der Waals surface area contributed by atoms with Gasteiger partial charge in [-0.25, -0.2) is 4.98 Å². The van der Waals surface area contributed by atoms with Crippen molar-refractivity contribution in [2.24, 2.45) is 0 Å². The molecule has 0 aliphatic rings. The van der Waals surface area contributed by atoms with E-state index in [9.17, 15) is 14.4 Å². The lowest BCUT2D eigenvalue weighted by atomic mass is 10.3. The highest BCUT2D eigenvalue weighted by atomic mass is 16.5. The number of amides is 2. The molecule has 0 saturated heterocycles. The second-order valence-electron chi connectivity index (χ2n) is 5.39. The number of rotatable bonds is 5. The van der Waals surface area contributed by atoms with Gasteiger partial charge in [-0.2, -0.15) is 9.78 Å². The maximum Gasteiger partial charge on any atom is 0.314 e. The monoisotopic (exact) mass is 348 g/mol. The lowest BCUT2D eigenvalue weighted by Crippen LogP contribution is -2.37. The van der Waals surface area contributed by atoms with Crippen LogP contribution in [0.1, 0.15) is 17.0 Å². The zero-order valence-electron chi connectivity index (χ0n) is 14.5. The third kappa shape index (κ3) is 4.29. The summed E-state index contributed by atoms with van der Waals surface area (Å²) in [6, 6.07) is 1.57. The normalized spacial score (nSPS) is 10.6. The standard InChI is InChI=1S/C15H20N6O4/c1-8-7-11(18-14(24)13(23)16-5-6-25-4)21(20-8)15-17-10(3)9(2)12(22)19-15/h7H,5-6H2,1-4H3,(H,16,23)(H,18,24)(H,17,19,22). The van der Waals surface area contributed by atoms with Crippen LogP contribution in [0.25, 0.3) is 5.95 Å². The van der Waals surface area contributed by atoms with Gasteiger partial charge in [0.05, 0.1) is 12.3 Å². The van der Waals surface area contributed by atoms with Gasteiger partial charge in [-0.1, -0.05) is 0 Å². The molecule has 0 aliphatic heterocycles. The first-order valence-electron chi connectivity index (χ1n) is 7.56. The van der Waals surface area contributed by atoms with Crippen LogP contribution in [-0.4, -0.2) is 51.8 Å². The van der Waals surface area contributed by atoms with Crippen molar-refractivity contribution in [1.82, 2.24) is 25.1 Å². The molecule has 0 bridgehead atoms. The molecule has 2 heterocycles. The fraction of sp³-hybridized carbons (Fsp3) is 0.400. The highest BCUT2D eigenvalue weighted by Crippen LogP contribution is 2.14. The van der Waals surface area contributed by atoms with E-state index in [4.69, 9.17) is 4.74 Å². The fourth-order valence-electron chi connectivity index (χ4n) is 2.00. The number of aromatic amines is 1. The molecule has 0 aromatic carbocycles. The third-order valence-corrected chi connectivity index (χ3v) is 3.45. The molecule has 0 saturated carbocycles. The quantitative estimate of drug-likeness (QED) is 0.497. The number of nitrogens with zero attached hydrogens (tertiary/aromatic N) is 3. The lowest BCUT2D eigenvalue weighted by molar-refractivity contribution is -0.136. The molecular weight excluding hydrogens is 328 g/mol. The SMILES string of the molecule is COCCNC(=O)C(=O)Nc1cc(C)nn1-c1nc(C)c(C)c(=O)[nH]1. The van der Waals surface area contributed by atoms with Crippen molar-refractivity contribution < 1.29 is 14.3 Å². The van der Waals surface area contributed by atoms with E-state index >= 15 is 0 Å². The van der Waals surface area contributed by atoms with Crippen LogP contribution in [0.3, 0.4) is 0 Å². The second kappa shape index (κ2) is 7.71. The van der Waals surface area contributed by atoms with Crippen molar-refractivity contribution in [2.75, 3.05) is 25.6 Å². The highest BCUT2D eigenvalue weighted by Gasteiger charge is 2.18. The smallest absolute Gasteiger partial charge is 0.314 e. The van der Waals surface area contributed by atoms with Crippen LogP contribution < -0.4 is 16.2 Å². The molecule has 0 radical (unpaired) electrons. The Morgan fingerprint density at radius 2 is 2.00 bits per heavy atom. The number of H-pyrrole nitrogens is 1. The number of ether oxygens (including phenoxy) is 1. The summed E-state index contributed by atoms with van der Waals surface area (Å²) in [5, 5.41) is 9.07. The zero-order valence-corrected chi connectivity index (χ0v) is 14.5. The molecule has 2 aromatic rings. The van der Waals surface area contributed by atoms with Crippen LogP contribution in [0.2, 0.25) is 0 Å². The van der Waals surface area contributed by atoms with Gasteiger partial charge in [0, 0.05) is 31.0 Å². The predicted molar refractivity (Wildman–Crippen MR) is 89.7 cm³/mol. The maximum absolute atomic E-state index is 12.0. The first-order chi connectivity index (χ1) is 11.8. The van der Waals surface area contributed by atoms with Crippen molar-refractivity contribution in [3.63, 3.8) is 0 Å². The lowest BCUT2D eigenvalue weighted by Gasteiger charge is -2.09. The highest BCUT2D eigenvalue weighted by molar-refractivity contribution is 6.39. The number of carbonyl (C=O) groups is 2. The molecular formula is C15H20N6O4. The summed E-state index contributed by atoms with van der Waals surface area (Å²) >= 11 is 0. The van der Waals surface area contributed by atoms with E-state index < -0.39 is 11.8 Å². The van der Waals surface area contributed by atoms with Gasteiger partial charge in [-0.3, -0.25) is 19.4 Å².